The second-order valence-corrected chi connectivity index (χ2v) is 8.03. The standard InChI is InChI=1S/C23H28N4O4/c1-2-15-31-20-8-3-17(4-9-20)23(28)26-13-11-25(12-14-26)19-7-10-22(27(29)30)21(16-19)24-18-5-6-18/h3-4,7-10,16,18,24H,2,5-6,11-15H2,1H3. The van der Waals surface area contributed by atoms with Crippen molar-refractivity contribution < 1.29 is 14.5 Å². The first kappa shape index (κ1) is 21.0. The highest BCUT2D eigenvalue weighted by Gasteiger charge is 2.27. The Hall–Kier alpha value is -3.29. The number of hydrogen-bond acceptors (Lipinski definition) is 6. The molecule has 0 aromatic heterocycles. The van der Waals surface area contributed by atoms with Crippen molar-refractivity contribution in [3.05, 3.63) is 58.1 Å². The molecular formula is C23H28N4O4. The van der Waals surface area contributed by atoms with Crippen LogP contribution in [0.1, 0.15) is 36.5 Å². The first-order chi connectivity index (χ1) is 15.0. The maximum Gasteiger partial charge on any atom is 0.292 e. The van der Waals surface area contributed by atoms with Gasteiger partial charge in [0.15, 0.2) is 0 Å². The number of nitro groups is 1. The van der Waals surface area contributed by atoms with Gasteiger partial charge in [-0.2, -0.15) is 0 Å². The van der Waals surface area contributed by atoms with Gasteiger partial charge in [-0.15, -0.1) is 0 Å². The quantitative estimate of drug-likeness (QED) is 0.510. The van der Waals surface area contributed by atoms with Crippen LogP contribution in [-0.4, -0.2) is 54.6 Å². The van der Waals surface area contributed by atoms with Crippen molar-refractivity contribution in [3.8, 4) is 5.75 Å². The zero-order valence-corrected chi connectivity index (χ0v) is 17.8. The van der Waals surface area contributed by atoms with Crippen LogP contribution >= 0.6 is 0 Å². The average molecular weight is 425 g/mol. The van der Waals surface area contributed by atoms with Crippen molar-refractivity contribution in [2.75, 3.05) is 43.0 Å². The summed E-state index contributed by atoms with van der Waals surface area (Å²) in [5, 5.41) is 14.6. The number of benzene rings is 2. The molecule has 1 aliphatic carbocycles. The minimum atomic E-state index is -0.344. The van der Waals surface area contributed by atoms with Gasteiger partial charge in [0.25, 0.3) is 11.6 Å². The topological polar surface area (TPSA) is 88.0 Å². The van der Waals surface area contributed by atoms with Crippen LogP contribution in [0, 0.1) is 10.1 Å². The molecule has 0 radical (unpaired) electrons. The van der Waals surface area contributed by atoms with E-state index in [1.807, 2.05) is 35.2 Å². The molecule has 1 N–H and O–H groups in total. The molecule has 2 aliphatic rings. The van der Waals surface area contributed by atoms with Crippen molar-refractivity contribution in [3.63, 3.8) is 0 Å². The predicted octanol–water partition coefficient (Wildman–Crippen LogP) is 3.92. The Morgan fingerprint density at radius 1 is 1.13 bits per heavy atom. The normalized spacial score (nSPS) is 16.2. The van der Waals surface area contributed by atoms with Crippen LogP contribution in [0.15, 0.2) is 42.5 Å². The molecule has 2 aromatic rings. The van der Waals surface area contributed by atoms with Gasteiger partial charge in [0.2, 0.25) is 0 Å². The Morgan fingerprint density at radius 2 is 1.84 bits per heavy atom. The monoisotopic (exact) mass is 424 g/mol. The van der Waals surface area contributed by atoms with E-state index in [0.29, 0.717) is 50.1 Å². The molecule has 1 saturated carbocycles. The van der Waals surface area contributed by atoms with Crippen LogP contribution in [0.25, 0.3) is 0 Å². The maximum atomic E-state index is 12.9. The van der Waals surface area contributed by atoms with Crippen LogP contribution in [0.4, 0.5) is 17.1 Å². The van der Waals surface area contributed by atoms with E-state index in [4.69, 9.17) is 4.74 Å². The highest BCUT2D eigenvalue weighted by molar-refractivity contribution is 5.94. The molecule has 0 spiro atoms. The van der Waals surface area contributed by atoms with E-state index in [-0.39, 0.29) is 16.5 Å². The summed E-state index contributed by atoms with van der Waals surface area (Å²) in [6.45, 7) is 5.30. The van der Waals surface area contributed by atoms with Crippen LogP contribution in [0.3, 0.4) is 0 Å². The van der Waals surface area contributed by atoms with E-state index in [2.05, 4.69) is 17.1 Å². The van der Waals surface area contributed by atoms with Gasteiger partial charge in [0, 0.05) is 49.5 Å². The molecule has 0 unspecified atom stereocenters. The lowest BCUT2D eigenvalue weighted by Gasteiger charge is -2.36. The lowest BCUT2D eigenvalue weighted by Crippen LogP contribution is -2.48. The Morgan fingerprint density at radius 3 is 2.45 bits per heavy atom. The van der Waals surface area contributed by atoms with Crippen LogP contribution in [0.2, 0.25) is 0 Å². The van der Waals surface area contributed by atoms with Crippen molar-refractivity contribution in [2.24, 2.45) is 0 Å². The summed E-state index contributed by atoms with van der Waals surface area (Å²) in [4.78, 5) is 27.9. The predicted molar refractivity (Wildman–Crippen MR) is 120 cm³/mol. The molecule has 1 heterocycles. The number of nitro benzene ring substituents is 1. The number of ether oxygens (including phenoxy) is 1. The number of rotatable bonds is 8. The Kier molecular flexibility index (Phi) is 6.25. The number of anilines is 2. The number of hydrogen-bond donors (Lipinski definition) is 1. The molecule has 8 heteroatoms. The molecule has 1 saturated heterocycles. The smallest absolute Gasteiger partial charge is 0.292 e. The lowest BCUT2D eigenvalue weighted by atomic mass is 10.1. The third-order valence-corrected chi connectivity index (χ3v) is 5.62. The minimum Gasteiger partial charge on any atom is -0.494 e. The van der Waals surface area contributed by atoms with Gasteiger partial charge in [-0.05, 0) is 55.7 Å². The van der Waals surface area contributed by atoms with Crippen molar-refractivity contribution >= 4 is 23.0 Å². The number of carbonyl (C=O) groups excluding carboxylic acids is 1. The van der Waals surface area contributed by atoms with E-state index >= 15 is 0 Å². The SMILES string of the molecule is CCCOc1ccc(C(=O)N2CCN(c3ccc([N+](=O)[O-])c(NC4CC4)c3)CC2)cc1. The Balaban J connectivity index is 1.38. The fourth-order valence-corrected chi connectivity index (χ4v) is 3.71. The number of nitrogens with zero attached hydrogens (tertiary/aromatic N) is 3. The molecule has 31 heavy (non-hydrogen) atoms. The molecule has 0 atom stereocenters. The second kappa shape index (κ2) is 9.24. The number of carbonyl (C=O) groups is 1. The molecule has 1 aliphatic heterocycles. The van der Waals surface area contributed by atoms with Gasteiger partial charge in [0.1, 0.15) is 11.4 Å². The number of nitrogens with one attached hydrogen (secondary N) is 1. The molecule has 8 nitrogen and oxygen atoms in total. The van der Waals surface area contributed by atoms with E-state index < -0.39 is 0 Å². The van der Waals surface area contributed by atoms with Gasteiger partial charge in [-0.1, -0.05) is 6.92 Å². The molecule has 2 aromatic carbocycles. The molecule has 1 amide bonds. The van der Waals surface area contributed by atoms with E-state index in [9.17, 15) is 14.9 Å². The van der Waals surface area contributed by atoms with Crippen molar-refractivity contribution in [2.45, 2.75) is 32.2 Å². The lowest BCUT2D eigenvalue weighted by molar-refractivity contribution is -0.384. The Bertz CT molecular complexity index is 935. The highest BCUT2D eigenvalue weighted by atomic mass is 16.6. The van der Waals surface area contributed by atoms with Gasteiger partial charge in [-0.3, -0.25) is 14.9 Å². The summed E-state index contributed by atoms with van der Waals surface area (Å²) in [6.07, 6.45) is 3.04. The molecular weight excluding hydrogens is 396 g/mol. The fraction of sp³-hybridized carbons (Fsp3) is 0.435. The van der Waals surface area contributed by atoms with E-state index in [0.717, 1.165) is 30.7 Å². The van der Waals surface area contributed by atoms with Crippen molar-refractivity contribution in [1.82, 2.24) is 4.90 Å². The second-order valence-electron chi connectivity index (χ2n) is 8.03. The van der Waals surface area contributed by atoms with E-state index in [1.165, 1.54) is 0 Å². The summed E-state index contributed by atoms with van der Waals surface area (Å²) in [5.41, 5.74) is 2.28. The van der Waals surface area contributed by atoms with Crippen LogP contribution in [0.5, 0.6) is 5.75 Å². The first-order valence-corrected chi connectivity index (χ1v) is 10.9. The third kappa shape index (κ3) is 5.07. The summed E-state index contributed by atoms with van der Waals surface area (Å²) in [5.74, 6) is 0.790. The summed E-state index contributed by atoms with van der Waals surface area (Å²) >= 11 is 0. The van der Waals surface area contributed by atoms with Gasteiger partial charge in [-0.25, -0.2) is 0 Å². The van der Waals surface area contributed by atoms with Crippen LogP contribution in [-0.2, 0) is 0 Å². The number of amides is 1. The maximum absolute atomic E-state index is 12.9. The van der Waals surface area contributed by atoms with Gasteiger partial charge < -0.3 is 19.9 Å². The Labute approximate surface area is 181 Å². The molecule has 2 fully saturated rings. The van der Waals surface area contributed by atoms with Gasteiger partial charge >= 0.3 is 0 Å². The average Bonchev–Trinajstić information content (AvgIpc) is 3.61. The summed E-state index contributed by atoms with van der Waals surface area (Å²) < 4.78 is 5.58. The number of piperazine rings is 1. The van der Waals surface area contributed by atoms with E-state index in [1.54, 1.807) is 12.1 Å². The zero-order valence-electron chi connectivity index (χ0n) is 17.8. The zero-order chi connectivity index (χ0) is 21.8. The molecule has 0 bridgehead atoms. The van der Waals surface area contributed by atoms with Crippen LogP contribution < -0.4 is 15.0 Å². The largest absolute Gasteiger partial charge is 0.494 e. The molecule has 4 rings (SSSR count). The summed E-state index contributed by atoms with van der Waals surface area (Å²) in [6, 6.07) is 12.9. The fourth-order valence-electron chi connectivity index (χ4n) is 3.71. The van der Waals surface area contributed by atoms with Crippen molar-refractivity contribution in [1.29, 1.82) is 0 Å². The highest BCUT2D eigenvalue weighted by Crippen LogP contribution is 2.34. The summed E-state index contributed by atoms with van der Waals surface area (Å²) in [7, 11) is 0. The molecule has 164 valence electrons. The first-order valence-electron chi connectivity index (χ1n) is 10.9. The third-order valence-electron chi connectivity index (χ3n) is 5.62. The van der Waals surface area contributed by atoms with Gasteiger partial charge in [0.05, 0.1) is 11.5 Å². The minimum absolute atomic E-state index is 0.0153.